The van der Waals surface area contributed by atoms with Crippen molar-refractivity contribution in [2.75, 3.05) is 0 Å². The Morgan fingerprint density at radius 1 is 1.31 bits per heavy atom. The lowest BCUT2D eigenvalue weighted by Crippen LogP contribution is -2.21. The van der Waals surface area contributed by atoms with Gasteiger partial charge in [0.25, 0.3) is 0 Å². The molecule has 2 nitrogen and oxygen atoms in total. The molecule has 13 heavy (non-hydrogen) atoms. The van der Waals surface area contributed by atoms with Crippen LogP contribution >= 0.6 is 10.7 Å². The van der Waals surface area contributed by atoms with Gasteiger partial charge in [0.15, 0.2) is 0 Å². The van der Waals surface area contributed by atoms with Crippen molar-refractivity contribution >= 4 is 19.7 Å². The zero-order chi connectivity index (χ0) is 10.1. The molecule has 0 spiro atoms. The summed E-state index contributed by atoms with van der Waals surface area (Å²) in [5, 5.41) is 0. The molecule has 0 aromatic carbocycles. The molecule has 0 radical (unpaired) electrons. The fourth-order valence-corrected chi connectivity index (χ4v) is 3.47. The second kappa shape index (κ2) is 3.77. The molecule has 0 atom stereocenters. The van der Waals surface area contributed by atoms with Gasteiger partial charge in [-0.1, -0.05) is 26.7 Å². The molecular weight excluding hydrogens is 208 g/mol. The second-order valence-electron chi connectivity index (χ2n) is 4.01. The van der Waals surface area contributed by atoms with E-state index in [0.717, 1.165) is 32.1 Å². The van der Waals surface area contributed by atoms with Crippen molar-refractivity contribution in [3.8, 4) is 0 Å². The van der Waals surface area contributed by atoms with E-state index in [9.17, 15) is 8.42 Å². The highest BCUT2D eigenvalue weighted by atomic mass is 35.7. The molecule has 0 aliphatic heterocycles. The molecule has 0 amide bonds. The molecule has 1 aliphatic rings. The molecule has 0 aromatic rings. The van der Waals surface area contributed by atoms with Gasteiger partial charge >= 0.3 is 0 Å². The highest BCUT2D eigenvalue weighted by Crippen LogP contribution is 2.50. The van der Waals surface area contributed by atoms with Gasteiger partial charge in [0.1, 0.15) is 0 Å². The number of hydrogen-bond donors (Lipinski definition) is 0. The first kappa shape index (κ1) is 11.3. The van der Waals surface area contributed by atoms with Crippen LogP contribution in [-0.2, 0) is 9.05 Å². The van der Waals surface area contributed by atoms with Crippen molar-refractivity contribution in [2.24, 2.45) is 5.92 Å². The summed E-state index contributed by atoms with van der Waals surface area (Å²) in [6, 6.07) is 0. The molecule has 0 saturated heterocycles. The fraction of sp³-hybridized carbons (Fsp3) is 1.00. The first-order valence-electron chi connectivity index (χ1n) is 4.89. The van der Waals surface area contributed by atoms with Crippen LogP contribution in [0.3, 0.4) is 0 Å². The van der Waals surface area contributed by atoms with Crippen LogP contribution in [0.15, 0.2) is 0 Å². The maximum Gasteiger partial charge on any atom is 0.238 e. The Labute approximate surface area is 85.1 Å². The van der Waals surface area contributed by atoms with Gasteiger partial charge in [-0.25, -0.2) is 8.42 Å². The average Bonchev–Trinajstić information content (AvgIpc) is 2.79. The Kier molecular flexibility index (Phi) is 3.29. The predicted octanol–water partition coefficient (Wildman–Crippen LogP) is 2.91. The van der Waals surface area contributed by atoms with Crippen molar-refractivity contribution in [2.45, 2.75) is 50.7 Å². The van der Waals surface area contributed by atoms with E-state index in [1.165, 1.54) is 0 Å². The van der Waals surface area contributed by atoms with Gasteiger partial charge in [-0.2, -0.15) is 0 Å². The van der Waals surface area contributed by atoms with E-state index >= 15 is 0 Å². The van der Waals surface area contributed by atoms with E-state index in [1.807, 2.05) is 0 Å². The number of hydrogen-bond acceptors (Lipinski definition) is 2. The van der Waals surface area contributed by atoms with Gasteiger partial charge in [0.05, 0.1) is 4.75 Å². The van der Waals surface area contributed by atoms with Crippen molar-refractivity contribution in [3.05, 3.63) is 0 Å². The second-order valence-corrected chi connectivity index (χ2v) is 6.97. The molecule has 1 rings (SSSR count). The Morgan fingerprint density at radius 2 is 1.77 bits per heavy atom. The number of rotatable bonds is 5. The Morgan fingerprint density at radius 3 is 2.00 bits per heavy atom. The summed E-state index contributed by atoms with van der Waals surface area (Å²) in [5.41, 5.74) is 0. The molecular formula is C9H17ClO2S. The van der Waals surface area contributed by atoms with Crippen LogP contribution in [0.1, 0.15) is 46.0 Å². The lowest BCUT2D eigenvalue weighted by Gasteiger charge is -2.18. The van der Waals surface area contributed by atoms with Crippen molar-refractivity contribution in [3.63, 3.8) is 0 Å². The third kappa shape index (κ3) is 2.38. The average molecular weight is 225 g/mol. The van der Waals surface area contributed by atoms with Crippen molar-refractivity contribution in [1.82, 2.24) is 0 Å². The van der Waals surface area contributed by atoms with Gasteiger partial charge in [-0.15, -0.1) is 0 Å². The minimum Gasteiger partial charge on any atom is -0.212 e. The molecule has 0 aromatic heterocycles. The monoisotopic (exact) mass is 224 g/mol. The maximum absolute atomic E-state index is 11.2. The summed E-state index contributed by atoms with van der Waals surface area (Å²) in [6.45, 7) is 4.20. The van der Waals surface area contributed by atoms with Gasteiger partial charge in [0, 0.05) is 10.7 Å². The SMILES string of the molecule is CCC(CC)CC1(S(=O)(=O)Cl)CC1. The number of halogens is 1. The summed E-state index contributed by atoms with van der Waals surface area (Å²) in [4.78, 5) is 0. The van der Waals surface area contributed by atoms with Gasteiger partial charge < -0.3 is 0 Å². The van der Waals surface area contributed by atoms with E-state index in [2.05, 4.69) is 13.8 Å². The Bertz CT molecular complexity index is 263. The first-order valence-corrected chi connectivity index (χ1v) is 7.20. The zero-order valence-electron chi connectivity index (χ0n) is 8.22. The topological polar surface area (TPSA) is 34.1 Å². The van der Waals surface area contributed by atoms with Gasteiger partial charge in [-0.05, 0) is 25.2 Å². The normalized spacial score (nSPS) is 20.6. The van der Waals surface area contributed by atoms with Crippen LogP contribution in [0.2, 0.25) is 0 Å². The quantitative estimate of drug-likeness (QED) is 0.673. The van der Waals surface area contributed by atoms with Crippen LogP contribution in [0.25, 0.3) is 0 Å². The van der Waals surface area contributed by atoms with Crippen molar-refractivity contribution in [1.29, 1.82) is 0 Å². The Hall–Kier alpha value is 0.240. The summed E-state index contributed by atoms with van der Waals surface area (Å²) < 4.78 is 21.9. The third-order valence-corrected chi connectivity index (χ3v) is 5.73. The van der Waals surface area contributed by atoms with Gasteiger partial charge in [0.2, 0.25) is 9.05 Å². The molecule has 4 heteroatoms. The molecule has 1 fully saturated rings. The van der Waals surface area contributed by atoms with Gasteiger partial charge in [-0.3, -0.25) is 0 Å². The van der Waals surface area contributed by atoms with Crippen LogP contribution in [0, 0.1) is 5.92 Å². The molecule has 1 saturated carbocycles. The predicted molar refractivity (Wildman–Crippen MR) is 55.4 cm³/mol. The fourth-order valence-electron chi connectivity index (χ4n) is 1.79. The summed E-state index contributed by atoms with van der Waals surface area (Å²) in [7, 11) is 2.08. The molecule has 0 N–H and O–H groups in total. The third-order valence-electron chi connectivity index (χ3n) is 3.14. The summed E-state index contributed by atoms with van der Waals surface area (Å²) >= 11 is 0. The smallest absolute Gasteiger partial charge is 0.212 e. The highest BCUT2D eigenvalue weighted by molar-refractivity contribution is 8.15. The summed E-state index contributed by atoms with van der Waals surface area (Å²) in [5.74, 6) is 0.510. The molecule has 0 bridgehead atoms. The van der Waals surface area contributed by atoms with E-state index in [4.69, 9.17) is 10.7 Å². The van der Waals surface area contributed by atoms with Crippen LogP contribution in [0.4, 0.5) is 0 Å². The van der Waals surface area contributed by atoms with E-state index in [1.54, 1.807) is 0 Å². The highest BCUT2D eigenvalue weighted by Gasteiger charge is 2.54. The van der Waals surface area contributed by atoms with Crippen LogP contribution < -0.4 is 0 Å². The Balaban J connectivity index is 2.63. The lowest BCUT2D eigenvalue weighted by atomic mass is 9.96. The van der Waals surface area contributed by atoms with Crippen LogP contribution in [0.5, 0.6) is 0 Å². The largest absolute Gasteiger partial charge is 0.238 e. The maximum atomic E-state index is 11.2. The molecule has 78 valence electrons. The molecule has 0 heterocycles. The summed E-state index contributed by atoms with van der Waals surface area (Å²) in [6.07, 6.45) is 4.37. The van der Waals surface area contributed by atoms with E-state index in [0.29, 0.717) is 5.92 Å². The molecule has 0 unspecified atom stereocenters. The van der Waals surface area contributed by atoms with E-state index < -0.39 is 13.8 Å². The van der Waals surface area contributed by atoms with Crippen molar-refractivity contribution < 1.29 is 8.42 Å². The van der Waals surface area contributed by atoms with Crippen LogP contribution in [-0.4, -0.2) is 13.2 Å². The first-order chi connectivity index (χ1) is 5.95. The minimum atomic E-state index is -3.33. The standard InChI is InChI=1S/C9H17ClO2S/c1-3-8(4-2)7-9(5-6-9)13(10,11)12/h8H,3-7H2,1-2H3. The zero-order valence-corrected chi connectivity index (χ0v) is 9.79. The molecule has 1 aliphatic carbocycles. The minimum absolute atomic E-state index is 0.510. The van der Waals surface area contributed by atoms with E-state index in [-0.39, 0.29) is 0 Å². The lowest BCUT2D eigenvalue weighted by molar-refractivity contribution is 0.433.